The summed E-state index contributed by atoms with van der Waals surface area (Å²) in [5.74, 6) is -1.24. The van der Waals surface area contributed by atoms with Crippen molar-refractivity contribution >= 4 is 34.0 Å². The second-order valence-corrected chi connectivity index (χ2v) is 8.11. The summed E-state index contributed by atoms with van der Waals surface area (Å²) in [6.45, 7) is 6.86. The number of amides is 2. The lowest BCUT2D eigenvalue weighted by atomic mass is 9.93. The Balaban J connectivity index is 1.98. The maximum Gasteiger partial charge on any atom is 0.286 e. The van der Waals surface area contributed by atoms with Crippen LogP contribution in [0.2, 0.25) is 0 Å². The van der Waals surface area contributed by atoms with Crippen LogP contribution in [-0.2, 0) is 4.84 Å². The van der Waals surface area contributed by atoms with Gasteiger partial charge in [-0.25, -0.2) is 0 Å². The minimum Gasteiger partial charge on any atom is -0.371 e. The van der Waals surface area contributed by atoms with Gasteiger partial charge in [0.05, 0.1) is 21.7 Å². The van der Waals surface area contributed by atoms with E-state index in [-0.39, 0.29) is 11.3 Å². The molecule has 8 nitrogen and oxygen atoms in total. The van der Waals surface area contributed by atoms with Crippen molar-refractivity contribution in [2.75, 3.05) is 18.0 Å². The summed E-state index contributed by atoms with van der Waals surface area (Å²) in [5.41, 5.74) is 0.277. The predicted molar refractivity (Wildman–Crippen MR) is 103 cm³/mol. The highest BCUT2D eigenvalue weighted by Crippen LogP contribution is 2.40. The Labute approximate surface area is 161 Å². The fourth-order valence-electron chi connectivity index (χ4n) is 3.81. The van der Waals surface area contributed by atoms with Gasteiger partial charge in [-0.15, -0.1) is 5.06 Å². The van der Waals surface area contributed by atoms with Crippen LogP contribution in [0.25, 0.3) is 10.8 Å². The maximum absolute atomic E-state index is 13.0. The van der Waals surface area contributed by atoms with Crippen LogP contribution in [0.1, 0.15) is 54.3 Å². The number of nitro benzene ring substituents is 1. The van der Waals surface area contributed by atoms with E-state index in [1.165, 1.54) is 12.1 Å². The lowest BCUT2D eigenvalue weighted by Gasteiger charge is -2.32. The van der Waals surface area contributed by atoms with Crippen LogP contribution < -0.4 is 4.90 Å². The Bertz CT molecular complexity index is 1020. The number of carbonyl (C=O) groups excluding carboxylic acids is 2. The summed E-state index contributed by atoms with van der Waals surface area (Å²) in [7, 11) is 0. The van der Waals surface area contributed by atoms with Crippen molar-refractivity contribution in [2.24, 2.45) is 0 Å². The first-order valence-electron chi connectivity index (χ1n) is 9.25. The summed E-state index contributed by atoms with van der Waals surface area (Å²) in [6, 6.07) is 6.17. The largest absolute Gasteiger partial charge is 0.371 e. The van der Waals surface area contributed by atoms with Crippen molar-refractivity contribution < 1.29 is 19.3 Å². The third-order valence-corrected chi connectivity index (χ3v) is 4.93. The number of non-ortho nitro benzene ring substituents is 1. The van der Waals surface area contributed by atoms with Crippen LogP contribution in [0, 0.1) is 10.1 Å². The van der Waals surface area contributed by atoms with Crippen LogP contribution in [0.3, 0.4) is 0 Å². The zero-order valence-corrected chi connectivity index (χ0v) is 16.0. The predicted octanol–water partition coefficient (Wildman–Crippen LogP) is 3.67. The Hall–Kier alpha value is -3.00. The van der Waals surface area contributed by atoms with Crippen molar-refractivity contribution in [3.05, 3.63) is 45.5 Å². The molecule has 8 heteroatoms. The molecule has 0 aliphatic carbocycles. The van der Waals surface area contributed by atoms with Gasteiger partial charge < -0.3 is 4.90 Å². The molecule has 0 radical (unpaired) electrons. The highest BCUT2D eigenvalue weighted by Gasteiger charge is 2.38. The van der Waals surface area contributed by atoms with E-state index in [9.17, 15) is 19.7 Å². The molecule has 0 spiro atoms. The van der Waals surface area contributed by atoms with Crippen molar-refractivity contribution in [3.63, 3.8) is 0 Å². The molecule has 0 saturated carbocycles. The molecule has 28 heavy (non-hydrogen) atoms. The summed E-state index contributed by atoms with van der Waals surface area (Å²) < 4.78 is 0. The molecule has 2 aromatic carbocycles. The third kappa shape index (κ3) is 2.90. The molecule has 0 N–H and O–H groups in total. The first kappa shape index (κ1) is 18.4. The fourth-order valence-corrected chi connectivity index (χ4v) is 3.81. The molecule has 0 unspecified atom stereocenters. The average molecular weight is 383 g/mol. The van der Waals surface area contributed by atoms with Crippen LogP contribution in [0.5, 0.6) is 0 Å². The van der Waals surface area contributed by atoms with E-state index in [4.69, 9.17) is 4.84 Å². The van der Waals surface area contributed by atoms with Gasteiger partial charge in [0, 0.05) is 41.7 Å². The first-order chi connectivity index (χ1) is 13.2. The van der Waals surface area contributed by atoms with E-state index in [0.29, 0.717) is 16.3 Å². The number of benzene rings is 2. The van der Waals surface area contributed by atoms with E-state index >= 15 is 0 Å². The van der Waals surface area contributed by atoms with Gasteiger partial charge in [-0.1, -0.05) is 0 Å². The molecular formula is C20H21N3O5. The van der Waals surface area contributed by atoms with Gasteiger partial charge in [0.25, 0.3) is 17.5 Å². The minimum atomic E-state index is -0.780. The highest BCUT2D eigenvalue weighted by atomic mass is 16.7. The second-order valence-electron chi connectivity index (χ2n) is 8.11. The summed E-state index contributed by atoms with van der Waals surface area (Å²) >= 11 is 0. The van der Waals surface area contributed by atoms with Crippen LogP contribution >= 0.6 is 0 Å². The van der Waals surface area contributed by atoms with E-state index < -0.39 is 22.3 Å². The minimum absolute atomic E-state index is 0.115. The van der Waals surface area contributed by atoms with Gasteiger partial charge in [0.1, 0.15) is 0 Å². The maximum atomic E-state index is 13.0. The monoisotopic (exact) mass is 383 g/mol. The van der Waals surface area contributed by atoms with Gasteiger partial charge in [-0.05, 0) is 45.7 Å². The first-order valence-corrected chi connectivity index (χ1v) is 9.25. The van der Waals surface area contributed by atoms with Gasteiger partial charge in [0.15, 0.2) is 0 Å². The van der Waals surface area contributed by atoms with E-state index in [1.807, 2.05) is 0 Å². The Morgan fingerprint density at radius 1 is 1.04 bits per heavy atom. The lowest BCUT2D eigenvalue weighted by Crippen LogP contribution is -2.44. The normalized spacial score (nSPS) is 17.0. The number of nitrogens with zero attached hydrogens (tertiary/aromatic N) is 3. The molecule has 1 saturated heterocycles. The van der Waals surface area contributed by atoms with Crippen LogP contribution in [0.15, 0.2) is 24.3 Å². The third-order valence-electron chi connectivity index (χ3n) is 4.93. The molecule has 2 aliphatic heterocycles. The molecule has 2 amide bonds. The zero-order chi connectivity index (χ0) is 20.2. The quantitative estimate of drug-likeness (QED) is 0.456. The molecule has 4 rings (SSSR count). The number of imide groups is 1. The van der Waals surface area contributed by atoms with Crippen molar-refractivity contribution in [1.82, 2.24) is 5.06 Å². The molecule has 2 heterocycles. The summed E-state index contributed by atoms with van der Waals surface area (Å²) in [6.07, 6.45) is 2.08. The van der Waals surface area contributed by atoms with Gasteiger partial charge >= 0.3 is 0 Å². The molecule has 0 atom stereocenters. The van der Waals surface area contributed by atoms with Crippen LogP contribution in [0.4, 0.5) is 11.4 Å². The van der Waals surface area contributed by atoms with E-state index in [2.05, 4.69) is 4.90 Å². The standard InChI is InChI=1S/C20H21N3O5/c1-20(2,3)28-22-18(24)13-6-7-16(21-8-4-5-9-21)14-10-12(23(26)27)11-15(17(13)14)19(22)25/h6-7,10-11H,4-5,8-9H2,1-3H3. The van der Waals surface area contributed by atoms with Crippen molar-refractivity contribution in [2.45, 2.75) is 39.2 Å². The molecule has 2 aliphatic rings. The molecular weight excluding hydrogens is 362 g/mol. The summed E-state index contributed by atoms with van der Waals surface area (Å²) in [5, 5.41) is 13.2. The SMILES string of the molecule is CC(C)(C)ON1C(=O)c2ccc(N3CCCC3)c3cc([N+](=O)[O-])cc(c23)C1=O. The van der Waals surface area contributed by atoms with Gasteiger partial charge in [-0.2, -0.15) is 0 Å². The molecule has 1 fully saturated rings. The number of carbonyl (C=O) groups is 2. The van der Waals surface area contributed by atoms with Gasteiger partial charge in [0.2, 0.25) is 0 Å². The Kier molecular flexibility index (Phi) is 4.11. The number of anilines is 1. The number of rotatable bonds is 3. The number of hydrogen-bond acceptors (Lipinski definition) is 6. The smallest absolute Gasteiger partial charge is 0.286 e. The van der Waals surface area contributed by atoms with E-state index in [0.717, 1.165) is 36.7 Å². The average Bonchev–Trinajstić information content (AvgIpc) is 3.15. The van der Waals surface area contributed by atoms with Crippen molar-refractivity contribution in [1.29, 1.82) is 0 Å². The van der Waals surface area contributed by atoms with Gasteiger partial charge in [-0.3, -0.25) is 24.5 Å². The van der Waals surface area contributed by atoms with Crippen LogP contribution in [-0.4, -0.2) is 40.5 Å². The van der Waals surface area contributed by atoms with E-state index in [1.54, 1.807) is 32.9 Å². The lowest BCUT2D eigenvalue weighted by molar-refractivity contribution is -0.384. The number of hydrogen-bond donors (Lipinski definition) is 0. The summed E-state index contributed by atoms with van der Waals surface area (Å²) in [4.78, 5) is 44.7. The zero-order valence-electron chi connectivity index (χ0n) is 16.0. The molecule has 0 aromatic heterocycles. The number of hydroxylamine groups is 2. The topological polar surface area (TPSA) is 93.0 Å². The molecule has 0 bridgehead atoms. The molecule has 2 aromatic rings. The highest BCUT2D eigenvalue weighted by molar-refractivity contribution is 6.26. The molecule has 146 valence electrons. The van der Waals surface area contributed by atoms with Crippen molar-refractivity contribution in [3.8, 4) is 0 Å². The number of nitro groups is 1. The Morgan fingerprint density at radius 3 is 2.29 bits per heavy atom. The Morgan fingerprint density at radius 2 is 1.68 bits per heavy atom. The fraction of sp³-hybridized carbons (Fsp3) is 0.400. The second kappa shape index (κ2) is 6.27.